The molecule has 1 aliphatic carbocycles. The van der Waals surface area contributed by atoms with Crippen LogP contribution < -0.4 is 16.8 Å². The Hall–Kier alpha value is -4.87. The van der Waals surface area contributed by atoms with Gasteiger partial charge in [0.25, 0.3) is 17.7 Å². The zero-order valence-electron chi connectivity index (χ0n) is 20.8. The van der Waals surface area contributed by atoms with E-state index < -0.39 is 35.7 Å². The number of piperidine rings is 1. The number of carbonyl (C=O) groups excluding carboxylic acids is 7. The molecule has 1 saturated heterocycles. The van der Waals surface area contributed by atoms with Crippen LogP contribution in [0.15, 0.2) is 36.4 Å². The first kappa shape index (κ1) is 25.8. The highest BCUT2D eigenvalue weighted by Crippen LogP contribution is 2.32. The highest BCUT2D eigenvalue weighted by atomic mass is 16.2. The number of amides is 5. The number of hydrogen-bond acceptors (Lipinski definition) is 9. The van der Waals surface area contributed by atoms with Crippen LogP contribution in [0, 0.1) is 0 Å². The van der Waals surface area contributed by atoms with Crippen molar-refractivity contribution in [3.8, 4) is 0 Å². The zero-order valence-corrected chi connectivity index (χ0v) is 20.8. The lowest BCUT2D eigenvalue weighted by atomic mass is 9.92. The second-order valence-electron chi connectivity index (χ2n) is 9.76. The van der Waals surface area contributed by atoms with E-state index in [-0.39, 0.29) is 53.6 Å². The quantitative estimate of drug-likeness (QED) is 0.283. The van der Waals surface area contributed by atoms with Gasteiger partial charge in [-0.05, 0) is 37.1 Å². The Labute approximate surface area is 222 Å². The number of rotatable bonds is 2. The van der Waals surface area contributed by atoms with E-state index in [9.17, 15) is 33.6 Å². The van der Waals surface area contributed by atoms with Crippen molar-refractivity contribution in [2.24, 2.45) is 0 Å². The standard InChI is InChI=1S/C14H14N2O3.C13H11N3O4/c15-11-3-1-2-9-10(11)7-16(14(9)19)12-5-4-8(17)6-13(12)18;14-7-3-1-2-6-10(7)13(20)16(12(6)19)8-4-5-9(17)15-11(8)18/h1-3,12H,4-7,15H2;1-3,8H,4-5,14H2,(H,15,17,18). The van der Waals surface area contributed by atoms with Crippen molar-refractivity contribution in [3.63, 3.8) is 0 Å². The highest BCUT2D eigenvalue weighted by molar-refractivity contribution is 6.25. The van der Waals surface area contributed by atoms with E-state index in [0.717, 1.165) is 10.5 Å². The average Bonchev–Trinajstić information content (AvgIpc) is 3.35. The molecule has 200 valence electrons. The van der Waals surface area contributed by atoms with Gasteiger partial charge in [-0.2, -0.15) is 0 Å². The summed E-state index contributed by atoms with van der Waals surface area (Å²) in [4.78, 5) is 85.4. The molecule has 1 saturated carbocycles. The summed E-state index contributed by atoms with van der Waals surface area (Å²) in [6, 6.07) is 8.38. The fourth-order valence-corrected chi connectivity index (χ4v) is 5.36. The van der Waals surface area contributed by atoms with Crippen LogP contribution in [0.3, 0.4) is 0 Å². The van der Waals surface area contributed by atoms with Gasteiger partial charge in [0.2, 0.25) is 11.8 Å². The summed E-state index contributed by atoms with van der Waals surface area (Å²) in [7, 11) is 0. The molecule has 12 heteroatoms. The summed E-state index contributed by atoms with van der Waals surface area (Å²) in [5.41, 5.74) is 14.0. The van der Waals surface area contributed by atoms with Crippen LogP contribution in [0.2, 0.25) is 0 Å². The molecule has 2 atom stereocenters. The smallest absolute Gasteiger partial charge is 0.264 e. The lowest BCUT2D eigenvalue weighted by molar-refractivity contribution is -0.136. The van der Waals surface area contributed by atoms with Gasteiger partial charge in [0.1, 0.15) is 11.8 Å². The largest absolute Gasteiger partial charge is 0.398 e. The maximum atomic E-state index is 12.3. The van der Waals surface area contributed by atoms with E-state index >= 15 is 0 Å². The van der Waals surface area contributed by atoms with E-state index in [1.54, 1.807) is 29.2 Å². The average molecular weight is 532 g/mol. The summed E-state index contributed by atoms with van der Waals surface area (Å²) in [6.07, 6.45) is 0.971. The van der Waals surface area contributed by atoms with Gasteiger partial charge in [-0.3, -0.25) is 43.8 Å². The molecule has 0 radical (unpaired) electrons. The normalized spacial score (nSPS) is 22.4. The highest BCUT2D eigenvalue weighted by Gasteiger charge is 2.45. The molecule has 3 aliphatic heterocycles. The lowest BCUT2D eigenvalue weighted by Crippen LogP contribution is -2.54. The van der Waals surface area contributed by atoms with Crippen LogP contribution in [-0.2, 0) is 25.7 Å². The van der Waals surface area contributed by atoms with Crippen molar-refractivity contribution >= 4 is 52.5 Å². The zero-order chi connectivity index (χ0) is 28.0. The number of Topliss-reactive ketones (excluding diaryl/α,β-unsaturated/α-hetero) is 2. The molecule has 3 heterocycles. The van der Waals surface area contributed by atoms with Gasteiger partial charge in [-0.25, -0.2) is 0 Å². The van der Waals surface area contributed by atoms with Gasteiger partial charge >= 0.3 is 0 Å². The van der Waals surface area contributed by atoms with Gasteiger partial charge < -0.3 is 16.4 Å². The van der Waals surface area contributed by atoms with Crippen molar-refractivity contribution in [1.29, 1.82) is 0 Å². The number of imide groups is 2. The number of nitrogens with one attached hydrogen (secondary N) is 1. The van der Waals surface area contributed by atoms with Crippen LogP contribution in [0.5, 0.6) is 0 Å². The van der Waals surface area contributed by atoms with Gasteiger partial charge in [0, 0.05) is 41.9 Å². The van der Waals surface area contributed by atoms with E-state index in [1.165, 1.54) is 12.1 Å². The second kappa shape index (κ2) is 9.78. The van der Waals surface area contributed by atoms with Crippen LogP contribution in [-0.4, -0.2) is 63.0 Å². The number of nitrogens with zero attached hydrogens (tertiary/aromatic N) is 2. The molecule has 0 aromatic heterocycles. The molecule has 2 unspecified atom stereocenters. The predicted molar refractivity (Wildman–Crippen MR) is 136 cm³/mol. The first-order valence-electron chi connectivity index (χ1n) is 12.4. The van der Waals surface area contributed by atoms with E-state index in [2.05, 4.69) is 5.32 Å². The Morgan fingerprint density at radius 3 is 2.05 bits per heavy atom. The van der Waals surface area contributed by atoms with Crippen molar-refractivity contribution in [1.82, 2.24) is 15.1 Å². The molecule has 2 aromatic carbocycles. The Bertz CT molecular complexity index is 1480. The molecule has 4 aliphatic rings. The number of hydrogen-bond donors (Lipinski definition) is 3. The van der Waals surface area contributed by atoms with Crippen LogP contribution in [0.25, 0.3) is 0 Å². The van der Waals surface area contributed by atoms with Gasteiger partial charge in [-0.1, -0.05) is 12.1 Å². The van der Waals surface area contributed by atoms with E-state index in [0.29, 0.717) is 30.6 Å². The fourth-order valence-electron chi connectivity index (χ4n) is 5.36. The van der Waals surface area contributed by atoms with Crippen LogP contribution in [0.4, 0.5) is 11.4 Å². The minimum atomic E-state index is -0.959. The van der Waals surface area contributed by atoms with Gasteiger partial charge in [0.05, 0.1) is 23.6 Å². The molecule has 12 nitrogen and oxygen atoms in total. The molecular formula is C27H25N5O7. The molecule has 39 heavy (non-hydrogen) atoms. The fraction of sp³-hybridized carbons (Fsp3) is 0.296. The lowest BCUT2D eigenvalue weighted by Gasteiger charge is -2.29. The number of nitrogens with two attached hydrogens (primary N) is 2. The first-order valence-corrected chi connectivity index (χ1v) is 12.4. The second-order valence-corrected chi connectivity index (χ2v) is 9.76. The number of benzene rings is 2. The minimum absolute atomic E-state index is 0.0371. The Kier molecular flexibility index (Phi) is 6.46. The van der Waals surface area contributed by atoms with Crippen LogP contribution >= 0.6 is 0 Å². The molecular weight excluding hydrogens is 506 g/mol. The molecule has 5 amide bonds. The number of carbonyl (C=O) groups is 7. The van der Waals surface area contributed by atoms with Crippen molar-refractivity contribution in [2.45, 2.75) is 50.7 Å². The topological polar surface area (TPSA) is 190 Å². The van der Waals surface area contributed by atoms with E-state index in [1.807, 2.05) is 0 Å². The van der Waals surface area contributed by atoms with Crippen LogP contribution in [0.1, 0.15) is 68.7 Å². The minimum Gasteiger partial charge on any atom is -0.398 e. The third-order valence-electron chi connectivity index (χ3n) is 7.35. The number of fused-ring (bicyclic) bond motifs is 2. The number of nitrogen functional groups attached to an aromatic ring is 2. The molecule has 6 rings (SSSR count). The van der Waals surface area contributed by atoms with Gasteiger partial charge in [-0.15, -0.1) is 0 Å². The number of ketones is 2. The Balaban J connectivity index is 0.000000158. The third kappa shape index (κ3) is 4.43. The van der Waals surface area contributed by atoms with Crippen molar-refractivity contribution < 1.29 is 33.6 Å². The van der Waals surface area contributed by atoms with E-state index in [4.69, 9.17) is 11.5 Å². The molecule has 2 fully saturated rings. The Morgan fingerprint density at radius 2 is 1.41 bits per heavy atom. The molecule has 5 N–H and O–H groups in total. The third-order valence-corrected chi connectivity index (χ3v) is 7.35. The SMILES string of the molecule is Nc1cccc2c1C(=O)N(C1CCC(=O)NC1=O)C2=O.Nc1cccc2c1CN(C1CCC(=O)CC1=O)C2=O. The maximum Gasteiger partial charge on any atom is 0.264 e. The van der Waals surface area contributed by atoms with Crippen molar-refractivity contribution in [3.05, 3.63) is 58.7 Å². The summed E-state index contributed by atoms with van der Waals surface area (Å²) in [5.74, 6) is -2.52. The summed E-state index contributed by atoms with van der Waals surface area (Å²) in [6.45, 7) is 0.367. The summed E-state index contributed by atoms with van der Waals surface area (Å²) >= 11 is 0. The summed E-state index contributed by atoms with van der Waals surface area (Å²) < 4.78 is 0. The molecule has 0 bridgehead atoms. The maximum absolute atomic E-state index is 12.3. The molecule has 2 aromatic rings. The first-order chi connectivity index (χ1) is 18.6. The Morgan fingerprint density at radius 1 is 0.744 bits per heavy atom. The van der Waals surface area contributed by atoms with Crippen molar-refractivity contribution in [2.75, 3.05) is 11.5 Å². The summed E-state index contributed by atoms with van der Waals surface area (Å²) in [5, 5.41) is 2.13. The molecule has 0 spiro atoms. The number of anilines is 2. The monoisotopic (exact) mass is 531 g/mol. The van der Waals surface area contributed by atoms with Gasteiger partial charge in [0.15, 0.2) is 5.78 Å². The predicted octanol–water partition coefficient (Wildman–Crippen LogP) is 0.585.